The van der Waals surface area contributed by atoms with Crippen LogP contribution in [0, 0.1) is 0 Å². The van der Waals surface area contributed by atoms with Crippen molar-refractivity contribution in [3.63, 3.8) is 0 Å². The molecule has 2 heterocycles. The Morgan fingerprint density at radius 1 is 1.13 bits per heavy atom. The molecule has 4 N–H and O–H groups in total. The van der Waals surface area contributed by atoms with Crippen LogP contribution in [0.3, 0.4) is 0 Å². The fraction of sp³-hybridized carbons (Fsp3) is 0.600. The van der Waals surface area contributed by atoms with Crippen LogP contribution in [-0.2, 0) is 16.0 Å². The molecule has 2 aliphatic heterocycles. The molecule has 0 bridgehead atoms. The van der Waals surface area contributed by atoms with Gasteiger partial charge in [-0.15, -0.1) is 0 Å². The molecule has 1 aromatic rings. The topological polar surface area (TPSA) is 117 Å². The number of benzene rings is 1. The van der Waals surface area contributed by atoms with Crippen LogP contribution in [0.4, 0.5) is 0 Å². The molecule has 2 fully saturated rings. The van der Waals surface area contributed by atoms with Gasteiger partial charge in [-0.1, -0.05) is 6.07 Å². The molecule has 30 heavy (non-hydrogen) atoms. The number of nitrogens with one attached hydrogen (secondary N) is 1. The van der Waals surface area contributed by atoms with Crippen molar-refractivity contribution in [2.45, 2.75) is 31.4 Å². The predicted molar refractivity (Wildman–Crippen MR) is 113 cm³/mol. The highest BCUT2D eigenvalue weighted by atomic mass is 79.9. The standard InChI is InChI=1S/C20H29BrN4O5/c21-16-11-14(1-2-17(16)26)12-18(27)20(29)25-9-7-24(8-10-25)15-3-5-23(6-4-15)13-19(28)22-30/h1-2,11,15,18,26-27,30H,3-10,12-13H2,(H,22,28)/t18-/m1/s1. The number of piperazine rings is 1. The van der Waals surface area contributed by atoms with Crippen molar-refractivity contribution in [3.8, 4) is 5.75 Å². The van der Waals surface area contributed by atoms with Crippen molar-refractivity contribution in [3.05, 3.63) is 28.2 Å². The number of aliphatic hydroxyl groups excluding tert-OH is 1. The lowest BCUT2D eigenvalue weighted by Gasteiger charge is -2.43. The summed E-state index contributed by atoms with van der Waals surface area (Å²) >= 11 is 3.25. The molecule has 1 aromatic carbocycles. The number of hydrogen-bond acceptors (Lipinski definition) is 7. The molecule has 9 nitrogen and oxygen atoms in total. The van der Waals surface area contributed by atoms with E-state index in [-0.39, 0.29) is 24.6 Å². The zero-order chi connectivity index (χ0) is 21.7. The quantitative estimate of drug-likeness (QED) is 0.336. The monoisotopic (exact) mass is 484 g/mol. The van der Waals surface area contributed by atoms with Crippen molar-refractivity contribution in [1.82, 2.24) is 20.2 Å². The number of amides is 2. The summed E-state index contributed by atoms with van der Waals surface area (Å²) in [5, 5.41) is 28.6. The summed E-state index contributed by atoms with van der Waals surface area (Å²) in [5.41, 5.74) is 2.45. The lowest BCUT2D eigenvalue weighted by atomic mass is 10.0. The average molecular weight is 485 g/mol. The third kappa shape index (κ3) is 5.92. The summed E-state index contributed by atoms with van der Waals surface area (Å²) in [5.74, 6) is -0.527. The number of hydroxylamine groups is 1. The van der Waals surface area contributed by atoms with Crippen LogP contribution in [0.1, 0.15) is 18.4 Å². The number of aliphatic hydroxyl groups is 1. The van der Waals surface area contributed by atoms with E-state index in [4.69, 9.17) is 5.21 Å². The van der Waals surface area contributed by atoms with Crippen LogP contribution in [0.15, 0.2) is 22.7 Å². The Morgan fingerprint density at radius 2 is 1.80 bits per heavy atom. The molecule has 2 aliphatic rings. The molecule has 2 saturated heterocycles. The number of likely N-dealkylation sites (tertiary alicyclic amines) is 1. The van der Waals surface area contributed by atoms with Gasteiger partial charge in [-0.3, -0.25) is 24.6 Å². The van der Waals surface area contributed by atoms with Gasteiger partial charge in [0.15, 0.2) is 0 Å². The highest BCUT2D eigenvalue weighted by Gasteiger charge is 2.31. The third-order valence-electron chi connectivity index (χ3n) is 5.92. The van der Waals surface area contributed by atoms with E-state index >= 15 is 0 Å². The third-order valence-corrected chi connectivity index (χ3v) is 6.55. The SMILES string of the molecule is O=C(CN1CCC(N2CCN(C(=O)[C@H](O)Cc3ccc(O)c(Br)c3)CC2)CC1)NO. The highest BCUT2D eigenvalue weighted by Crippen LogP contribution is 2.25. The second kappa shape index (κ2) is 10.5. The van der Waals surface area contributed by atoms with Crippen molar-refractivity contribution in [2.75, 3.05) is 45.8 Å². The molecule has 3 rings (SSSR count). The molecule has 0 radical (unpaired) electrons. The molecular formula is C20H29BrN4O5. The van der Waals surface area contributed by atoms with E-state index in [1.807, 2.05) is 4.90 Å². The minimum atomic E-state index is -1.10. The van der Waals surface area contributed by atoms with Gasteiger partial charge in [-0.05, 0) is 46.5 Å². The Hall–Kier alpha value is -1.72. The number of halogens is 1. The summed E-state index contributed by atoms with van der Waals surface area (Å²) in [6.45, 7) is 4.53. The van der Waals surface area contributed by atoms with E-state index in [2.05, 4.69) is 20.8 Å². The first-order valence-electron chi connectivity index (χ1n) is 10.2. The predicted octanol–water partition coefficient (Wildman–Crippen LogP) is 0.172. The number of aromatic hydroxyl groups is 1. The minimum absolute atomic E-state index is 0.123. The van der Waals surface area contributed by atoms with Gasteiger partial charge in [0, 0.05) is 51.7 Å². The van der Waals surface area contributed by atoms with Gasteiger partial charge >= 0.3 is 0 Å². The van der Waals surface area contributed by atoms with Crippen LogP contribution >= 0.6 is 15.9 Å². The second-order valence-corrected chi connectivity index (χ2v) is 8.76. The van der Waals surface area contributed by atoms with Gasteiger partial charge < -0.3 is 15.1 Å². The molecule has 0 saturated carbocycles. The van der Waals surface area contributed by atoms with Crippen LogP contribution in [0.25, 0.3) is 0 Å². The number of piperidine rings is 1. The number of carbonyl (C=O) groups excluding carboxylic acids is 2. The van der Waals surface area contributed by atoms with Crippen molar-refractivity contribution < 1.29 is 25.0 Å². The fourth-order valence-corrected chi connectivity index (χ4v) is 4.61. The maximum absolute atomic E-state index is 12.6. The number of phenols is 1. The normalized spacial score (nSPS) is 20.2. The van der Waals surface area contributed by atoms with E-state index in [0.29, 0.717) is 23.6 Å². The largest absolute Gasteiger partial charge is 0.507 e. The van der Waals surface area contributed by atoms with Crippen molar-refractivity contribution >= 4 is 27.7 Å². The van der Waals surface area contributed by atoms with Gasteiger partial charge in [-0.2, -0.15) is 0 Å². The number of carbonyl (C=O) groups is 2. The Labute approximate surface area is 184 Å². The van der Waals surface area contributed by atoms with Crippen LogP contribution in [-0.4, -0.2) is 99.9 Å². The maximum Gasteiger partial charge on any atom is 0.257 e. The zero-order valence-corrected chi connectivity index (χ0v) is 18.4. The Bertz CT molecular complexity index is 749. The fourth-order valence-electron chi connectivity index (χ4n) is 4.19. The molecule has 0 spiro atoms. The minimum Gasteiger partial charge on any atom is -0.507 e. The maximum atomic E-state index is 12.6. The smallest absolute Gasteiger partial charge is 0.257 e. The molecule has 2 amide bonds. The first-order chi connectivity index (χ1) is 14.4. The van der Waals surface area contributed by atoms with Crippen molar-refractivity contribution in [1.29, 1.82) is 0 Å². The average Bonchev–Trinajstić information content (AvgIpc) is 2.76. The van der Waals surface area contributed by atoms with Gasteiger partial charge in [0.1, 0.15) is 11.9 Å². The van der Waals surface area contributed by atoms with Gasteiger partial charge in [-0.25, -0.2) is 5.48 Å². The molecule has 0 unspecified atom stereocenters. The van der Waals surface area contributed by atoms with E-state index < -0.39 is 12.0 Å². The molecule has 10 heteroatoms. The molecule has 0 aromatic heterocycles. The highest BCUT2D eigenvalue weighted by molar-refractivity contribution is 9.10. The van der Waals surface area contributed by atoms with Gasteiger partial charge in [0.25, 0.3) is 11.8 Å². The lowest BCUT2D eigenvalue weighted by Crippen LogP contribution is -2.56. The molecule has 0 aliphatic carbocycles. The first kappa shape index (κ1) is 23.0. The van der Waals surface area contributed by atoms with Crippen LogP contribution < -0.4 is 5.48 Å². The Morgan fingerprint density at radius 3 is 2.40 bits per heavy atom. The zero-order valence-electron chi connectivity index (χ0n) is 16.8. The van der Waals surface area contributed by atoms with E-state index in [1.165, 1.54) is 6.07 Å². The van der Waals surface area contributed by atoms with E-state index in [9.17, 15) is 19.8 Å². The number of nitrogens with zero attached hydrogens (tertiary/aromatic N) is 3. The van der Waals surface area contributed by atoms with E-state index in [0.717, 1.165) is 44.6 Å². The van der Waals surface area contributed by atoms with Crippen LogP contribution in [0.5, 0.6) is 5.75 Å². The first-order valence-corrected chi connectivity index (χ1v) is 11.0. The summed E-state index contributed by atoms with van der Waals surface area (Å²) in [4.78, 5) is 30.1. The van der Waals surface area contributed by atoms with Crippen molar-refractivity contribution in [2.24, 2.45) is 0 Å². The number of phenolic OH excluding ortho intramolecular Hbond substituents is 1. The second-order valence-electron chi connectivity index (χ2n) is 7.91. The summed E-state index contributed by atoms with van der Waals surface area (Å²) in [6, 6.07) is 5.37. The summed E-state index contributed by atoms with van der Waals surface area (Å²) in [7, 11) is 0. The summed E-state index contributed by atoms with van der Waals surface area (Å²) < 4.78 is 0.538. The summed E-state index contributed by atoms with van der Waals surface area (Å²) in [6.07, 6.45) is 1.00. The lowest BCUT2D eigenvalue weighted by molar-refractivity contribution is -0.142. The number of hydrogen-bond donors (Lipinski definition) is 4. The molecule has 166 valence electrons. The number of rotatable bonds is 6. The Kier molecular flexibility index (Phi) is 8.06. The molecule has 1 atom stereocenters. The Balaban J connectivity index is 1.43. The van der Waals surface area contributed by atoms with Gasteiger partial charge in [0.05, 0.1) is 11.0 Å². The van der Waals surface area contributed by atoms with E-state index in [1.54, 1.807) is 22.5 Å². The molecular weight excluding hydrogens is 456 g/mol. The van der Waals surface area contributed by atoms with Gasteiger partial charge in [0.2, 0.25) is 0 Å². The van der Waals surface area contributed by atoms with Crippen LogP contribution in [0.2, 0.25) is 0 Å².